The fourth-order valence-electron chi connectivity index (χ4n) is 4.58. The Labute approximate surface area is 170 Å². The summed E-state index contributed by atoms with van der Waals surface area (Å²) < 4.78 is 5.03. The van der Waals surface area contributed by atoms with Gasteiger partial charge in [-0.3, -0.25) is 4.79 Å². The van der Waals surface area contributed by atoms with E-state index in [0.29, 0.717) is 24.0 Å². The van der Waals surface area contributed by atoms with Gasteiger partial charge in [0.15, 0.2) is 0 Å². The number of nitrogen functional groups attached to an aromatic ring is 1. The topological polar surface area (TPSA) is 65.2 Å². The van der Waals surface area contributed by atoms with Crippen molar-refractivity contribution in [2.45, 2.75) is 44.9 Å². The first-order chi connectivity index (χ1) is 13.5. The van der Waals surface area contributed by atoms with Crippen molar-refractivity contribution in [3.05, 3.63) is 52.7 Å². The van der Waals surface area contributed by atoms with Crippen LogP contribution in [0.1, 0.15) is 56.2 Å². The molecule has 28 heavy (non-hydrogen) atoms. The van der Waals surface area contributed by atoms with Gasteiger partial charge in [0.05, 0.1) is 17.8 Å². The molecule has 0 aliphatic heterocycles. The second kappa shape index (κ2) is 7.59. The molecule has 0 saturated heterocycles. The van der Waals surface area contributed by atoms with Gasteiger partial charge >= 0.3 is 5.97 Å². The predicted octanol–water partition coefficient (Wildman–Crippen LogP) is 5.65. The standard InChI is InChI=1S/C23H25ClN2O2/c1-3-28-20(27)6-4-5-14-9-15-11-16(10-14)21-22(25)18-8-7-17(24)12-19(18)26-23(21)13(15)2/h7-9,12,15-16H,2-6,10-11H2,1H3,(H2,25,26). The number of rotatable bonds is 5. The van der Waals surface area contributed by atoms with Gasteiger partial charge in [-0.25, -0.2) is 4.98 Å². The molecule has 1 aromatic heterocycles. The quantitative estimate of drug-likeness (QED) is 0.523. The summed E-state index contributed by atoms with van der Waals surface area (Å²) in [4.78, 5) is 16.5. The molecule has 2 aliphatic rings. The van der Waals surface area contributed by atoms with Crippen molar-refractivity contribution in [1.29, 1.82) is 0 Å². The van der Waals surface area contributed by atoms with Gasteiger partial charge in [0, 0.05) is 34.0 Å². The van der Waals surface area contributed by atoms with Crippen molar-refractivity contribution in [1.82, 2.24) is 4.98 Å². The largest absolute Gasteiger partial charge is 0.466 e. The van der Waals surface area contributed by atoms with E-state index in [1.54, 1.807) is 0 Å². The van der Waals surface area contributed by atoms with Gasteiger partial charge in [0.2, 0.25) is 0 Å². The lowest BCUT2D eigenvalue weighted by atomic mass is 9.68. The number of carbonyl (C=O) groups is 1. The van der Waals surface area contributed by atoms with E-state index < -0.39 is 0 Å². The number of halogens is 1. The van der Waals surface area contributed by atoms with Crippen molar-refractivity contribution in [3.8, 4) is 0 Å². The highest BCUT2D eigenvalue weighted by atomic mass is 35.5. The highest BCUT2D eigenvalue weighted by Crippen LogP contribution is 2.51. The zero-order chi connectivity index (χ0) is 19.8. The Balaban J connectivity index is 1.61. The van der Waals surface area contributed by atoms with Crippen molar-refractivity contribution >= 4 is 39.7 Å². The van der Waals surface area contributed by atoms with Crippen LogP contribution in [0.3, 0.4) is 0 Å². The predicted molar refractivity (Wildman–Crippen MR) is 114 cm³/mol. The van der Waals surface area contributed by atoms with E-state index in [2.05, 4.69) is 12.7 Å². The van der Waals surface area contributed by atoms with E-state index >= 15 is 0 Å². The monoisotopic (exact) mass is 396 g/mol. The number of ether oxygens (including phenoxy) is 1. The molecule has 2 unspecified atom stereocenters. The first kappa shape index (κ1) is 19.0. The molecule has 2 aromatic rings. The van der Waals surface area contributed by atoms with Crippen LogP contribution in [-0.4, -0.2) is 17.6 Å². The highest BCUT2D eigenvalue weighted by Gasteiger charge is 2.35. The van der Waals surface area contributed by atoms with Gasteiger partial charge in [0.25, 0.3) is 0 Å². The van der Waals surface area contributed by atoms with Gasteiger partial charge in [-0.05, 0) is 62.3 Å². The first-order valence-corrected chi connectivity index (χ1v) is 10.3. The average Bonchev–Trinajstić information content (AvgIpc) is 2.66. The molecule has 1 aromatic carbocycles. The Bertz CT molecular complexity index is 996. The number of esters is 1. The lowest BCUT2D eigenvalue weighted by molar-refractivity contribution is -0.143. The number of nitrogens with two attached hydrogens (primary N) is 1. The number of hydrogen-bond acceptors (Lipinski definition) is 4. The smallest absolute Gasteiger partial charge is 0.305 e. The number of allylic oxidation sites excluding steroid dienone is 3. The summed E-state index contributed by atoms with van der Waals surface area (Å²) in [6.07, 6.45) is 6.50. The summed E-state index contributed by atoms with van der Waals surface area (Å²) in [5.74, 6) is 0.514. The Kier molecular flexibility index (Phi) is 5.15. The van der Waals surface area contributed by atoms with Crippen LogP contribution in [-0.2, 0) is 9.53 Å². The molecule has 0 spiro atoms. The molecule has 1 heterocycles. The maximum atomic E-state index is 11.6. The molecule has 146 valence electrons. The SMILES string of the molecule is C=C1c2nc3cc(Cl)ccc3c(N)c2C2CC(CCCC(=O)OCC)=CC1C2. The molecule has 2 N–H and O–H groups in total. The van der Waals surface area contributed by atoms with Crippen LogP contribution in [0.25, 0.3) is 16.5 Å². The molecule has 2 bridgehead atoms. The normalized spacial score (nSPS) is 20.6. The second-order valence-electron chi connectivity index (χ2n) is 7.70. The molecule has 0 amide bonds. The zero-order valence-corrected chi connectivity index (χ0v) is 16.9. The van der Waals surface area contributed by atoms with Crippen molar-refractivity contribution < 1.29 is 9.53 Å². The van der Waals surface area contributed by atoms with Gasteiger partial charge < -0.3 is 10.5 Å². The van der Waals surface area contributed by atoms with Gasteiger partial charge in [0.1, 0.15) is 0 Å². The minimum atomic E-state index is -0.118. The fraction of sp³-hybridized carbons (Fsp3) is 0.391. The molecule has 2 atom stereocenters. The third-order valence-corrected chi connectivity index (χ3v) is 6.09. The van der Waals surface area contributed by atoms with Gasteiger partial charge in [-0.15, -0.1) is 0 Å². The number of benzene rings is 1. The molecule has 0 fully saturated rings. The third kappa shape index (κ3) is 3.42. The molecule has 0 saturated carbocycles. The van der Waals surface area contributed by atoms with Crippen LogP contribution in [0, 0.1) is 5.92 Å². The second-order valence-corrected chi connectivity index (χ2v) is 8.14. The van der Waals surface area contributed by atoms with Crippen molar-refractivity contribution in [2.75, 3.05) is 12.3 Å². The Morgan fingerprint density at radius 1 is 1.43 bits per heavy atom. The summed E-state index contributed by atoms with van der Waals surface area (Å²) in [5, 5.41) is 1.61. The van der Waals surface area contributed by atoms with E-state index in [1.165, 1.54) is 5.57 Å². The van der Waals surface area contributed by atoms with Crippen molar-refractivity contribution in [2.24, 2.45) is 5.92 Å². The number of carbonyl (C=O) groups excluding carboxylic acids is 1. The Morgan fingerprint density at radius 2 is 2.25 bits per heavy atom. The lowest BCUT2D eigenvalue weighted by Crippen LogP contribution is -2.23. The molecule has 5 heteroatoms. The van der Waals surface area contributed by atoms with E-state index in [-0.39, 0.29) is 11.9 Å². The highest BCUT2D eigenvalue weighted by molar-refractivity contribution is 6.31. The summed E-state index contributed by atoms with van der Waals surface area (Å²) in [6, 6.07) is 5.67. The van der Waals surface area contributed by atoms with E-state index in [0.717, 1.165) is 59.1 Å². The van der Waals surface area contributed by atoms with E-state index in [4.69, 9.17) is 27.1 Å². The zero-order valence-electron chi connectivity index (χ0n) is 16.1. The summed E-state index contributed by atoms with van der Waals surface area (Å²) in [5.41, 5.74) is 12.7. The number of anilines is 1. The number of nitrogens with zero attached hydrogens (tertiary/aromatic N) is 1. The minimum absolute atomic E-state index is 0.118. The van der Waals surface area contributed by atoms with Crippen molar-refractivity contribution in [3.63, 3.8) is 0 Å². The number of fused-ring (bicyclic) bond motifs is 5. The minimum Gasteiger partial charge on any atom is -0.466 e. The Morgan fingerprint density at radius 3 is 3.04 bits per heavy atom. The number of hydrogen-bond donors (Lipinski definition) is 1. The summed E-state index contributed by atoms with van der Waals surface area (Å²) in [6.45, 7) is 6.62. The fourth-order valence-corrected chi connectivity index (χ4v) is 4.75. The maximum absolute atomic E-state index is 11.6. The average molecular weight is 397 g/mol. The molecule has 4 rings (SSSR count). The van der Waals surface area contributed by atoms with Crippen LogP contribution in [0.15, 0.2) is 36.4 Å². The van der Waals surface area contributed by atoms with Gasteiger partial charge in [-0.2, -0.15) is 0 Å². The van der Waals surface area contributed by atoms with E-state index in [9.17, 15) is 4.79 Å². The first-order valence-electron chi connectivity index (χ1n) is 9.91. The van der Waals surface area contributed by atoms with Crippen LogP contribution in [0.2, 0.25) is 5.02 Å². The Hall–Kier alpha value is -2.33. The van der Waals surface area contributed by atoms with Gasteiger partial charge in [-0.1, -0.05) is 29.8 Å². The molecule has 2 aliphatic carbocycles. The maximum Gasteiger partial charge on any atom is 0.305 e. The third-order valence-electron chi connectivity index (χ3n) is 5.86. The van der Waals surface area contributed by atoms with Crippen LogP contribution in [0.4, 0.5) is 5.69 Å². The van der Waals surface area contributed by atoms with E-state index in [1.807, 2.05) is 25.1 Å². The molecule has 4 nitrogen and oxygen atoms in total. The summed E-state index contributed by atoms with van der Waals surface area (Å²) >= 11 is 6.15. The number of pyridine rings is 1. The molecule has 0 radical (unpaired) electrons. The van der Waals surface area contributed by atoms with Crippen LogP contribution in [0.5, 0.6) is 0 Å². The summed E-state index contributed by atoms with van der Waals surface area (Å²) in [7, 11) is 0. The lowest BCUT2D eigenvalue weighted by Gasteiger charge is -2.37. The van der Waals surface area contributed by atoms with Crippen LogP contribution >= 0.6 is 11.6 Å². The number of aromatic nitrogens is 1. The van der Waals surface area contributed by atoms with Crippen LogP contribution < -0.4 is 5.73 Å². The molecular weight excluding hydrogens is 372 g/mol. The molecular formula is C23H25ClN2O2.